The van der Waals surface area contributed by atoms with Crippen LogP contribution in [0.2, 0.25) is 0 Å². The highest BCUT2D eigenvalue weighted by Gasteiger charge is 2.28. The summed E-state index contributed by atoms with van der Waals surface area (Å²) < 4.78 is 9.29. The first-order valence-corrected chi connectivity index (χ1v) is 8.21. The van der Waals surface area contributed by atoms with Crippen molar-refractivity contribution in [3.8, 4) is 5.69 Å². The Labute approximate surface area is 140 Å². The van der Waals surface area contributed by atoms with Crippen molar-refractivity contribution in [3.63, 3.8) is 0 Å². The van der Waals surface area contributed by atoms with Crippen molar-refractivity contribution in [2.75, 3.05) is 20.2 Å². The largest absolute Gasteiger partial charge is 0.469 e. The Balaban J connectivity index is 1.65. The number of nitrogens with one attached hydrogen (secondary N) is 1. The van der Waals surface area contributed by atoms with E-state index in [4.69, 9.17) is 17.0 Å². The van der Waals surface area contributed by atoms with Crippen LogP contribution in [0.4, 0.5) is 0 Å². The molecule has 0 unspecified atom stereocenters. The maximum absolute atomic E-state index is 11.6. The number of carbonyl (C=O) groups excluding carboxylic acids is 1. The molecule has 0 bridgehead atoms. The van der Waals surface area contributed by atoms with Gasteiger partial charge in [-0.1, -0.05) is 18.2 Å². The lowest BCUT2D eigenvalue weighted by atomic mass is 9.97. The molecule has 1 aliphatic heterocycles. The van der Waals surface area contributed by atoms with Crippen LogP contribution in [0.5, 0.6) is 0 Å². The lowest BCUT2D eigenvalue weighted by molar-refractivity contribution is -0.929. The molecule has 1 saturated heterocycles. The minimum absolute atomic E-state index is 0.0404. The summed E-state index contributed by atoms with van der Waals surface area (Å²) in [5.41, 5.74) is 1.02. The van der Waals surface area contributed by atoms with Crippen LogP contribution in [0, 0.1) is 10.7 Å². The van der Waals surface area contributed by atoms with Gasteiger partial charge in [-0.15, -0.1) is 0 Å². The molecule has 0 amide bonds. The van der Waals surface area contributed by atoms with Crippen LogP contribution in [-0.2, 0) is 16.2 Å². The van der Waals surface area contributed by atoms with Crippen molar-refractivity contribution < 1.29 is 14.4 Å². The molecule has 7 heteroatoms. The second kappa shape index (κ2) is 7.06. The van der Waals surface area contributed by atoms with Gasteiger partial charge in [-0.3, -0.25) is 9.36 Å². The van der Waals surface area contributed by atoms with Gasteiger partial charge in [0.2, 0.25) is 4.77 Å². The lowest BCUT2D eigenvalue weighted by Gasteiger charge is -2.27. The van der Waals surface area contributed by atoms with E-state index in [0.29, 0.717) is 4.77 Å². The Morgan fingerprint density at radius 2 is 2.04 bits per heavy atom. The van der Waals surface area contributed by atoms with Crippen molar-refractivity contribution in [2.24, 2.45) is 5.92 Å². The molecule has 0 saturated carbocycles. The van der Waals surface area contributed by atoms with Crippen LogP contribution in [0.3, 0.4) is 0 Å². The minimum atomic E-state index is -0.0889. The molecule has 6 nitrogen and oxygen atoms in total. The highest BCUT2D eigenvalue weighted by atomic mass is 32.1. The van der Waals surface area contributed by atoms with Gasteiger partial charge in [0.25, 0.3) is 0 Å². The predicted octanol–water partition coefficient (Wildman–Crippen LogP) is 0.829. The van der Waals surface area contributed by atoms with E-state index in [-0.39, 0.29) is 11.9 Å². The fraction of sp³-hybridized carbons (Fsp3) is 0.438. The average Bonchev–Trinajstić information content (AvgIpc) is 2.96. The molecule has 2 aromatic rings. The number of carbonyl (C=O) groups is 1. The zero-order valence-electron chi connectivity index (χ0n) is 13.1. The number of rotatable bonds is 4. The topological polar surface area (TPSA) is 53.5 Å². The molecule has 0 radical (unpaired) electrons. The maximum Gasteiger partial charge on any atom is 0.309 e. The van der Waals surface area contributed by atoms with E-state index in [1.165, 1.54) is 12.0 Å². The quantitative estimate of drug-likeness (QED) is 0.665. The first-order chi connectivity index (χ1) is 11.2. The van der Waals surface area contributed by atoms with E-state index in [0.717, 1.165) is 38.3 Å². The van der Waals surface area contributed by atoms with Crippen LogP contribution in [0.15, 0.2) is 36.7 Å². The van der Waals surface area contributed by atoms with Gasteiger partial charge in [-0.25, -0.2) is 0 Å². The Morgan fingerprint density at radius 3 is 2.70 bits per heavy atom. The van der Waals surface area contributed by atoms with Gasteiger partial charge in [0.05, 0.1) is 26.1 Å². The second-order valence-corrected chi connectivity index (χ2v) is 6.19. The molecule has 1 fully saturated rings. The monoisotopic (exact) mass is 333 g/mol. The number of likely N-dealkylation sites (tertiary alicyclic amines) is 1. The van der Waals surface area contributed by atoms with E-state index in [1.54, 1.807) is 6.33 Å². The fourth-order valence-corrected chi connectivity index (χ4v) is 3.27. The van der Waals surface area contributed by atoms with Gasteiger partial charge < -0.3 is 9.64 Å². The van der Waals surface area contributed by atoms with Crippen molar-refractivity contribution in [1.29, 1.82) is 0 Å². The van der Waals surface area contributed by atoms with Crippen LogP contribution in [0.1, 0.15) is 12.8 Å². The normalized spacial score (nSPS) is 21.1. The second-order valence-electron chi connectivity index (χ2n) is 5.82. The van der Waals surface area contributed by atoms with Gasteiger partial charge in [0.15, 0.2) is 6.67 Å². The highest BCUT2D eigenvalue weighted by molar-refractivity contribution is 7.71. The summed E-state index contributed by atoms with van der Waals surface area (Å²) in [6.45, 7) is 2.59. The summed E-state index contributed by atoms with van der Waals surface area (Å²) in [5, 5.41) is 4.42. The number of nitrogens with zero attached hydrogens (tertiary/aromatic N) is 3. The van der Waals surface area contributed by atoms with Crippen LogP contribution >= 0.6 is 12.2 Å². The van der Waals surface area contributed by atoms with E-state index < -0.39 is 0 Å². The molecular formula is C16H21N4O2S+. The fourth-order valence-electron chi connectivity index (χ4n) is 3.01. The summed E-state index contributed by atoms with van der Waals surface area (Å²) in [6, 6.07) is 9.97. The summed E-state index contributed by atoms with van der Waals surface area (Å²) in [7, 11) is 1.46. The third-order valence-corrected chi connectivity index (χ3v) is 4.78. The number of ether oxygens (including phenoxy) is 1. The SMILES string of the molecule is COC(=O)C1CC[NH+](Cn2ncn(-c3ccccc3)c2=S)CC1. The molecule has 0 spiro atoms. The van der Waals surface area contributed by atoms with E-state index in [9.17, 15) is 4.79 Å². The van der Waals surface area contributed by atoms with Crippen molar-refractivity contribution in [1.82, 2.24) is 14.3 Å². The third kappa shape index (κ3) is 3.51. The summed E-state index contributed by atoms with van der Waals surface area (Å²) in [6.07, 6.45) is 3.47. The van der Waals surface area contributed by atoms with Gasteiger partial charge in [-0.05, 0) is 24.4 Å². The van der Waals surface area contributed by atoms with E-state index in [1.807, 2.05) is 39.6 Å². The number of para-hydroxylation sites is 1. The molecule has 0 aliphatic carbocycles. The number of methoxy groups -OCH3 is 1. The number of esters is 1. The van der Waals surface area contributed by atoms with Crippen LogP contribution in [-0.4, -0.2) is 40.5 Å². The molecule has 23 heavy (non-hydrogen) atoms. The molecule has 122 valence electrons. The smallest absolute Gasteiger partial charge is 0.309 e. The van der Waals surface area contributed by atoms with Gasteiger partial charge in [0, 0.05) is 18.5 Å². The summed E-state index contributed by atoms with van der Waals surface area (Å²) >= 11 is 5.54. The van der Waals surface area contributed by atoms with Crippen molar-refractivity contribution in [2.45, 2.75) is 19.5 Å². The molecule has 3 rings (SSSR count). The number of hydrogen-bond acceptors (Lipinski definition) is 4. The van der Waals surface area contributed by atoms with Gasteiger partial charge in [-0.2, -0.15) is 9.78 Å². The summed E-state index contributed by atoms with van der Waals surface area (Å²) in [5.74, 6) is -0.0485. The van der Waals surface area contributed by atoms with Gasteiger partial charge in [0.1, 0.15) is 6.33 Å². The standard InChI is InChI=1S/C16H20N4O2S/c1-22-15(21)13-7-9-18(10-8-13)12-20-16(23)19(11-17-20)14-5-3-2-4-6-14/h2-6,11,13H,7-10,12H2,1H3/p+1. The molecular weight excluding hydrogens is 312 g/mol. The highest BCUT2D eigenvalue weighted by Crippen LogP contribution is 2.11. The molecule has 1 aliphatic rings. The zero-order valence-corrected chi connectivity index (χ0v) is 14.0. The molecule has 2 heterocycles. The molecule has 1 aromatic carbocycles. The lowest BCUT2D eigenvalue weighted by Crippen LogP contribution is -3.12. The molecule has 1 aromatic heterocycles. The average molecular weight is 333 g/mol. The van der Waals surface area contributed by atoms with Gasteiger partial charge >= 0.3 is 5.97 Å². The first kappa shape index (κ1) is 15.9. The van der Waals surface area contributed by atoms with Crippen LogP contribution in [0.25, 0.3) is 5.69 Å². The van der Waals surface area contributed by atoms with E-state index >= 15 is 0 Å². The van der Waals surface area contributed by atoms with Crippen molar-refractivity contribution >= 4 is 18.2 Å². The third-order valence-electron chi connectivity index (χ3n) is 4.37. The number of benzene rings is 1. The first-order valence-electron chi connectivity index (χ1n) is 7.80. The Bertz CT molecular complexity index is 717. The number of aromatic nitrogens is 3. The van der Waals surface area contributed by atoms with Crippen LogP contribution < -0.4 is 4.90 Å². The number of quaternary nitrogens is 1. The molecule has 0 atom stereocenters. The number of piperidine rings is 1. The minimum Gasteiger partial charge on any atom is -0.469 e. The van der Waals surface area contributed by atoms with E-state index in [2.05, 4.69) is 5.10 Å². The Kier molecular flexibility index (Phi) is 4.88. The summed E-state index contributed by atoms with van der Waals surface area (Å²) in [4.78, 5) is 13.0. The van der Waals surface area contributed by atoms with Crippen molar-refractivity contribution in [3.05, 3.63) is 41.4 Å². The predicted molar refractivity (Wildman–Crippen MR) is 87.8 cm³/mol. The molecule has 1 N–H and O–H groups in total. The maximum atomic E-state index is 11.6. The Morgan fingerprint density at radius 1 is 1.35 bits per heavy atom. The Hall–Kier alpha value is -1.99. The zero-order chi connectivity index (χ0) is 16.2. The number of hydrogen-bond donors (Lipinski definition) is 1.